The minimum Gasteiger partial charge on any atom is -0.465 e. The molecule has 0 saturated carbocycles. The average molecular weight is 408 g/mol. The normalized spacial score (nSPS) is 17.8. The van der Waals surface area contributed by atoms with Gasteiger partial charge in [0.1, 0.15) is 5.52 Å². The number of aromatic nitrogens is 1. The summed E-state index contributed by atoms with van der Waals surface area (Å²) in [5.74, 6) is -1.43. The molecule has 1 N–H and O–H groups in total. The van der Waals surface area contributed by atoms with Gasteiger partial charge in [0.2, 0.25) is 5.91 Å². The fourth-order valence-electron chi connectivity index (χ4n) is 3.30. The first-order valence-corrected chi connectivity index (χ1v) is 10.1. The van der Waals surface area contributed by atoms with Gasteiger partial charge in [-0.05, 0) is 45.6 Å². The number of nitrogens with zero attached hydrogens (tertiary/aromatic N) is 3. The molecular weight excluding hydrogens is 383 g/mol. The van der Waals surface area contributed by atoms with Crippen LogP contribution in [0.2, 0.25) is 0 Å². The minimum absolute atomic E-state index is 0.0952. The highest BCUT2D eigenvalue weighted by Crippen LogP contribution is 2.30. The molecule has 1 amide bonds. The third-order valence-electron chi connectivity index (χ3n) is 4.84. The van der Waals surface area contributed by atoms with E-state index in [2.05, 4.69) is 24.8 Å². The number of carbonyl (C=O) groups is 2. The number of likely N-dealkylation sites (tertiary alicyclic amines) is 1. The second kappa shape index (κ2) is 8.93. The number of rotatable bonds is 6. The van der Waals surface area contributed by atoms with Gasteiger partial charge >= 0.3 is 5.97 Å². The van der Waals surface area contributed by atoms with Crippen LogP contribution in [-0.4, -0.2) is 74.0 Å². The Bertz CT molecular complexity index is 870. The summed E-state index contributed by atoms with van der Waals surface area (Å²) in [4.78, 5) is 32.9. The SMILES string of the molecule is COC(=O)c1cc(F)c2nc(NC(=O)C3CCCN(CCN(C)C)C3)sc2c1. The Morgan fingerprint density at radius 3 is 2.93 bits per heavy atom. The summed E-state index contributed by atoms with van der Waals surface area (Å²) in [6, 6.07) is 2.63. The lowest BCUT2D eigenvalue weighted by atomic mass is 9.97. The summed E-state index contributed by atoms with van der Waals surface area (Å²) in [5, 5.41) is 3.16. The summed E-state index contributed by atoms with van der Waals surface area (Å²) < 4.78 is 19.4. The lowest BCUT2D eigenvalue weighted by Gasteiger charge is -2.32. The van der Waals surface area contributed by atoms with Gasteiger partial charge in [-0.1, -0.05) is 11.3 Å². The molecule has 1 fully saturated rings. The van der Waals surface area contributed by atoms with E-state index in [1.54, 1.807) is 0 Å². The lowest BCUT2D eigenvalue weighted by molar-refractivity contribution is -0.121. The fraction of sp³-hybridized carbons (Fsp3) is 0.526. The molecule has 9 heteroatoms. The van der Waals surface area contributed by atoms with Crippen LogP contribution in [0.4, 0.5) is 9.52 Å². The molecule has 7 nitrogen and oxygen atoms in total. The molecule has 1 aromatic carbocycles. The van der Waals surface area contributed by atoms with Gasteiger partial charge in [0.05, 0.1) is 23.3 Å². The second-order valence-corrected chi connectivity index (χ2v) is 8.28. The van der Waals surface area contributed by atoms with Crippen LogP contribution in [0, 0.1) is 11.7 Å². The largest absolute Gasteiger partial charge is 0.465 e. The van der Waals surface area contributed by atoms with Crippen molar-refractivity contribution >= 4 is 38.6 Å². The zero-order valence-electron chi connectivity index (χ0n) is 16.3. The van der Waals surface area contributed by atoms with E-state index in [-0.39, 0.29) is 22.9 Å². The van der Waals surface area contributed by atoms with Crippen LogP contribution in [0.5, 0.6) is 0 Å². The molecule has 1 aliphatic rings. The number of halogens is 1. The quantitative estimate of drug-likeness (QED) is 0.740. The van der Waals surface area contributed by atoms with E-state index in [4.69, 9.17) is 0 Å². The number of esters is 1. The van der Waals surface area contributed by atoms with Gasteiger partial charge < -0.3 is 19.9 Å². The van der Waals surface area contributed by atoms with Crippen molar-refractivity contribution in [1.82, 2.24) is 14.8 Å². The monoisotopic (exact) mass is 408 g/mol. The van der Waals surface area contributed by atoms with E-state index < -0.39 is 11.8 Å². The molecule has 0 aliphatic carbocycles. The van der Waals surface area contributed by atoms with Crippen molar-refractivity contribution < 1.29 is 18.7 Å². The molecule has 2 aromatic rings. The third-order valence-corrected chi connectivity index (χ3v) is 5.76. The molecular formula is C19H25FN4O3S. The van der Waals surface area contributed by atoms with Crippen molar-refractivity contribution in [3.63, 3.8) is 0 Å². The number of fused-ring (bicyclic) bond motifs is 1. The lowest BCUT2D eigenvalue weighted by Crippen LogP contribution is -2.43. The number of benzene rings is 1. The molecule has 3 rings (SSSR count). The highest BCUT2D eigenvalue weighted by atomic mass is 32.1. The Balaban J connectivity index is 1.69. The molecule has 152 valence electrons. The van der Waals surface area contributed by atoms with E-state index >= 15 is 0 Å². The van der Waals surface area contributed by atoms with E-state index in [0.29, 0.717) is 16.4 Å². The maximum Gasteiger partial charge on any atom is 0.338 e. The first kappa shape index (κ1) is 20.6. The van der Waals surface area contributed by atoms with Crippen LogP contribution in [0.3, 0.4) is 0 Å². The molecule has 28 heavy (non-hydrogen) atoms. The molecule has 0 spiro atoms. The van der Waals surface area contributed by atoms with Gasteiger partial charge in [-0.2, -0.15) is 0 Å². The van der Waals surface area contributed by atoms with Gasteiger partial charge in [0.15, 0.2) is 10.9 Å². The van der Waals surface area contributed by atoms with Gasteiger partial charge in [-0.3, -0.25) is 4.79 Å². The Labute approximate surface area is 167 Å². The van der Waals surface area contributed by atoms with E-state index in [0.717, 1.165) is 49.9 Å². The number of carbonyl (C=O) groups excluding carboxylic acids is 2. The summed E-state index contributed by atoms with van der Waals surface area (Å²) in [7, 11) is 5.31. The number of amides is 1. The number of likely N-dealkylation sites (N-methyl/N-ethyl adjacent to an activating group) is 1. The molecule has 1 unspecified atom stereocenters. The van der Waals surface area contributed by atoms with Crippen LogP contribution in [-0.2, 0) is 9.53 Å². The highest BCUT2D eigenvalue weighted by molar-refractivity contribution is 7.22. The zero-order chi connectivity index (χ0) is 20.3. The number of hydrogen-bond donors (Lipinski definition) is 1. The third kappa shape index (κ3) is 4.84. The smallest absolute Gasteiger partial charge is 0.338 e. The van der Waals surface area contributed by atoms with Gasteiger partial charge in [0, 0.05) is 19.6 Å². The molecule has 2 heterocycles. The number of anilines is 1. The van der Waals surface area contributed by atoms with Gasteiger partial charge in [-0.25, -0.2) is 14.2 Å². The van der Waals surface area contributed by atoms with E-state index in [1.165, 1.54) is 13.2 Å². The van der Waals surface area contributed by atoms with Crippen molar-refractivity contribution in [2.75, 3.05) is 52.7 Å². The molecule has 1 aliphatic heterocycles. The maximum atomic E-state index is 14.3. The van der Waals surface area contributed by atoms with E-state index in [9.17, 15) is 14.0 Å². The number of methoxy groups -OCH3 is 1. The number of hydrogen-bond acceptors (Lipinski definition) is 7. The Morgan fingerprint density at radius 2 is 2.21 bits per heavy atom. The van der Waals surface area contributed by atoms with Gasteiger partial charge in [0.25, 0.3) is 0 Å². The Hall–Kier alpha value is -2.10. The zero-order valence-corrected chi connectivity index (χ0v) is 17.1. The molecule has 0 radical (unpaired) electrons. The number of nitrogens with one attached hydrogen (secondary N) is 1. The first-order valence-electron chi connectivity index (χ1n) is 9.23. The minimum atomic E-state index is -0.611. The van der Waals surface area contributed by atoms with E-state index in [1.807, 2.05) is 14.1 Å². The maximum absolute atomic E-state index is 14.3. The fourth-order valence-corrected chi connectivity index (χ4v) is 4.22. The van der Waals surface area contributed by atoms with Crippen LogP contribution < -0.4 is 5.32 Å². The second-order valence-electron chi connectivity index (χ2n) is 7.25. The average Bonchev–Trinajstić information content (AvgIpc) is 3.09. The number of thiazole rings is 1. The standard InChI is InChI=1S/C19H25FN4O3S/c1-23(2)7-8-24-6-4-5-12(11-24)17(25)22-19-21-16-14(20)9-13(18(26)27-3)10-15(16)28-19/h9-10,12H,4-8,11H2,1-3H3,(H,21,22,25). The summed E-state index contributed by atoms with van der Waals surface area (Å²) in [6.07, 6.45) is 1.80. The number of ether oxygens (including phenoxy) is 1. The topological polar surface area (TPSA) is 74.8 Å². The predicted molar refractivity (Wildman–Crippen MR) is 107 cm³/mol. The van der Waals surface area contributed by atoms with Crippen LogP contribution in [0.25, 0.3) is 10.2 Å². The predicted octanol–water partition coefficient (Wildman–Crippen LogP) is 2.43. The Morgan fingerprint density at radius 1 is 1.43 bits per heavy atom. The Kier molecular flexibility index (Phi) is 6.58. The van der Waals surface area contributed by atoms with Crippen molar-refractivity contribution in [2.45, 2.75) is 12.8 Å². The van der Waals surface area contributed by atoms with Crippen LogP contribution >= 0.6 is 11.3 Å². The highest BCUT2D eigenvalue weighted by Gasteiger charge is 2.26. The van der Waals surface area contributed by atoms with Crippen LogP contribution in [0.1, 0.15) is 23.2 Å². The molecule has 1 saturated heterocycles. The van der Waals surface area contributed by atoms with Gasteiger partial charge in [-0.15, -0.1) is 0 Å². The first-order chi connectivity index (χ1) is 13.4. The van der Waals surface area contributed by atoms with Crippen molar-refractivity contribution in [3.05, 3.63) is 23.5 Å². The van der Waals surface area contributed by atoms with Crippen molar-refractivity contribution in [1.29, 1.82) is 0 Å². The molecule has 1 atom stereocenters. The molecule has 1 aromatic heterocycles. The van der Waals surface area contributed by atoms with Crippen LogP contribution in [0.15, 0.2) is 12.1 Å². The summed E-state index contributed by atoms with van der Waals surface area (Å²) >= 11 is 1.15. The molecule has 0 bridgehead atoms. The summed E-state index contributed by atoms with van der Waals surface area (Å²) in [6.45, 7) is 3.60. The number of piperidine rings is 1. The van der Waals surface area contributed by atoms with Crippen molar-refractivity contribution in [3.8, 4) is 0 Å². The summed E-state index contributed by atoms with van der Waals surface area (Å²) in [5.41, 5.74) is 0.266. The van der Waals surface area contributed by atoms with Crippen molar-refractivity contribution in [2.24, 2.45) is 5.92 Å².